The minimum atomic E-state index is -3.81. The third-order valence-electron chi connectivity index (χ3n) is 4.05. The van der Waals surface area contributed by atoms with E-state index in [9.17, 15) is 13.2 Å². The Balaban J connectivity index is 2.36. The van der Waals surface area contributed by atoms with Crippen LogP contribution in [0.15, 0.2) is 53.4 Å². The third-order valence-corrected chi connectivity index (χ3v) is 5.52. The molecule has 1 atom stereocenters. The quantitative estimate of drug-likeness (QED) is 0.725. The van der Waals surface area contributed by atoms with E-state index in [4.69, 9.17) is 4.74 Å². The van der Waals surface area contributed by atoms with Crippen molar-refractivity contribution in [1.82, 2.24) is 10.0 Å². The van der Waals surface area contributed by atoms with Crippen molar-refractivity contribution >= 4 is 15.9 Å². The molecular formula is C20H26N2O4S. The number of nitrogens with one attached hydrogen (secondary N) is 2. The molecule has 7 heteroatoms. The van der Waals surface area contributed by atoms with Crippen molar-refractivity contribution < 1.29 is 17.9 Å². The Bertz CT molecular complexity index is 880. The lowest BCUT2D eigenvalue weighted by Gasteiger charge is -2.18. The minimum Gasteiger partial charge on any atom is -0.496 e. The molecule has 0 bridgehead atoms. The molecule has 2 aromatic carbocycles. The van der Waals surface area contributed by atoms with E-state index in [0.717, 1.165) is 5.56 Å². The number of benzene rings is 2. The first-order valence-corrected chi connectivity index (χ1v) is 10.3. The van der Waals surface area contributed by atoms with Crippen LogP contribution in [0.5, 0.6) is 5.75 Å². The van der Waals surface area contributed by atoms with Crippen molar-refractivity contribution in [1.29, 1.82) is 0 Å². The van der Waals surface area contributed by atoms with Gasteiger partial charge in [-0.3, -0.25) is 4.79 Å². The number of carbonyl (C=O) groups excluding carboxylic acids is 1. The normalized spacial score (nSPS) is 12.6. The molecule has 0 heterocycles. The van der Waals surface area contributed by atoms with E-state index in [1.165, 1.54) is 25.3 Å². The summed E-state index contributed by atoms with van der Waals surface area (Å²) in [4.78, 5) is 12.4. The lowest BCUT2D eigenvalue weighted by molar-refractivity contribution is 0.0940. The van der Waals surface area contributed by atoms with Crippen LogP contribution in [0.3, 0.4) is 0 Å². The van der Waals surface area contributed by atoms with Gasteiger partial charge in [-0.1, -0.05) is 37.3 Å². The number of carbonyl (C=O) groups is 1. The molecule has 2 N–H and O–H groups in total. The number of methoxy groups -OCH3 is 1. The van der Waals surface area contributed by atoms with Gasteiger partial charge in [0.25, 0.3) is 5.91 Å². The molecule has 0 spiro atoms. The van der Waals surface area contributed by atoms with Crippen LogP contribution in [0.1, 0.15) is 49.2 Å². The van der Waals surface area contributed by atoms with Gasteiger partial charge in [-0.15, -0.1) is 0 Å². The van der Waals surface area contributed by atoms with Gasteiger partial charge in [-0.05, 0) is 44.0 Å². The van der Waals surface area contributed by atoms with Crippen LogP contribution < -0.4 is 14.8 Å². The SMILES string of the molecule is CC[C@@H](NS(=O)(=O)c1ccc(OC)c(C(=O)NC(C)C)c1)c1ccccc1. The lowest BCUT2D eigenvalue weighted by atomic mass is 10.1. The molecule has 0 aliphatic rings. The molecular weight excluding hydrogens is 364 g/mol. The maximum absolute atomic E-state index is 12.9. The summed E-state index contributed by atoms with van der Waals surface area (Å²) in [7, 11) is -2.37. The third kappa shape index (κ3) is 5.30. The summed E-state index contributed by atoms with van der Waals surface area (Å²) in [6.45, 7) is 5.58. The Morgan fingerprint density at radius 1 is 1.11 bits per heavy atom. The van der Waals surface area contributed by atoms with Crippen LogP contribution >= 0.6 is 0 Å². The second-order valence-corrected chi connectivity index (χ2v) is 8.20. The highest BCUT2D eigenvalue weighted by Crippen LogP contribution is 2.25. The number of ether oxygens (including phenoxy) is 1. The van der Waals surface area contributed by atoms with Crippen LogP contribution in [0.4, 0.5) is 0 Å². The molecule has 0 aromatic heterocycles. The number of hydrogen-bond acceptors (Lipinski definition) is 4. The summed E-state index contributed by atoms with van der Waals surface area (Å²) >= 11 is 0. The highest BCUT2D eigenvalue weighted by molar-refractivity contribution is 7.89. The topological polar surface area (TPSA) is 84.5 Å². The molecule has 0 fully saturated rings. The molecule has 0 aliphatic carbocycles. The smallest absolute Gasteiger partial charge is 0.255 e. The number of rotatable bonds is 8. The summed E-state index contributed by atoms with van der Waals surface area (Å²) in [5, 5.41) is 2.76. The van der Waals surface area contributed by atoms with Crippen molar-refractivity contribution in [3.05, 3.63) is 59.7 Å². The number of hydrogen-bond donors (Lipinski definition) is 2. The van der Waals surface area contributed by atoms with Gasteiger partial charge in [0.2, 0.25) is 10.0 Å². The zero-order valence-electron chi connectivity index (χ0n) is 16.0. The fraction of sp³-hybridized carbons (Fsp3) is 0.350. The van der Waals surface area contributed by atoms with Crippen molar-refractivity contribution in [3.63, 3.8) is 0 Å². The minimum absolute atomic E-state index is 0.0200. The number of sulfonamides is 1. The van der Waals surface area contributed by atoms with E-state index in [2.05, 4.69) is 10.0 Å². The summed E-state index contributed by atoms with van der Waals surface area (Å²) in [6, 6.07) is 13.2. The zero-order valence-corrected chi connectivity index (χ0v) is 16.8. The molecule has 0 aliphatic heterocycles. The average Bonchev–Trinajstić information content (AvgIpc) is 2.65. The van der Waals surface area contributed by atoms with Crippen molar-refractivity contribution in [2.24, 2.45) is 0 Å². The van der Waals surface area contributed by atoms with Crippen LogP contribution in [-0.4, -0.2) is 27.5 Å². The van der Waals surface area contributed by atoms with Crippen LogP contribution in [0.2, 0.25) is 0 Å². The summed E-state index contributed by atoms with van der Waals surface area (Å²) in [6.07, 6.45) is 0.597. The van der Waals surface area contributed by atoms with E-state index < -0.39 is 10.0 Å². The molecule has 0 unspecified atom stereocenters. The van der Waals surface area contributed by atoms with E-state index in [1.807, 2.05) is 51.1 Å². The van der Waals surface area contributed by atoms with Crippen LogP contribution in [-0.2, 0) is 10.0 Å². The summed E-state index contributed by atoms with van der Waals surface area (Å²) in [5.74, 6) is -0.0591. The summed E-state index contributed by atoms with van der Waals surface area (Å²) in [5.41, 5.74) is 1.07. The maximum atomic E-state index is 12.9. The van der Waals surface area contributed by atoms with Gasteiger partial charge in [0, 0.05) is 12.1 Å². The largest absolute Gasteiger partial charge is 0.496 e. The van der Waals surface area contributed by atoms with Gasteiger partial charge in [-0.25, -0.2) is 13.1 Å². The monoisotopic (exact) mass is 390 g/mol. The maximum Gasteiger partial charge on any atom is 0.255 e. The highest BCUT2D eigenvalue weighted by atomic mass is 32.2. The van der Waals surface area contributed by atoms with Gasteiger partial charge in [0.1, 0.15) is 5.75 Å². The highest BCUT2D eigenvalue weighted by Gasteiger charge is 2.23. The van der Waals surface area contributed by atoms with Crippen LogP contribution in [0, 0.1) is 0 Å². The van der Waals surface area contributed by atoms with E-state index >= 15 is 0 Å². The molecule has 1 amide bonds. The zero-order chi connectivity index (χ0) is 20.0. The molecule has 0 radical (unpaired) electrons. The standard InChI is InChI=1S/C20H26N2O4S/c1-5-18(15-9-7-6-8-10-15)22-27(24,25)16-11-12-19(26-4)17(13-16)20(23)21-14(2)3/h6-14,18,22H,5H2,1-4H3,(H,21,23)/t18-/m1/s1. The second kappa shape index (κ2) is 9.01. The van der Waals surface area contributed by atoms with Gasteiger partial charge in [0.05, 0.1) is 17.6 Å². The van der Waals surface area contributed by atoms with Gasteiger partial charge in [0.15, 0.2) is 0 Å². The predicted molar refractivity (Wildman–Crippen MR) is 105 cm³/mol. The Hall–Kier alpha value is -2.38. The molecule has 6 nitrogen and oxygen atoms in total. The van der Waals surface area contributed by atoms with Gasteiger partial charge in [-0.2, -0.15) is 0 Å². The molecule has 27 heavy (non-hydrogen) atoms. The first kappa shape index (κ1) is 20.9. The Morgan fingerprint density at radius 3 is 2.33 bits per heavy atom. The van der Waals surface area contributed by atoms with E-state index in [-0.39, 0.29) is 28.4 Å². The Morgan fingerprint density at radius 2 is 1.78 bits per heavy atom. The van der Waals surface area contributed by atoms with Crippen LogP contribution in [0.25, 0.3) is 0 Å². The molecule has 0 saturated heterocycles. The number of amides is 1. The van der Waals surface area contributed by atoms with Crippen molar-refractivity contribution in [2.75, 3.05) is 7.11 Å². The van der Waals surface area contributed by atoms with Crippen molar-refractivity contribution in [2.45, 2.75) is 44.2 Å². The predicted octanol–water partition coefficient (Wildman–Crippen LogP) is 3.26. The van der Waals surface area contributed by atoms with E-state index in [0.29, 0.717) is 12.2 Å². The van der Waals surface area contributed by atoms with Crippen molar-refractivity contribution in [3.8, 4) is 5.75 Å². The van der Waals surface area contributed by atoms with Gasteiger partial charge < -0.3 is 10.1 Å². The fourth-order valence-corrected chi connectivity index (χ4v) is 4.03. The molecule has 0 saturated carbocycles. The summed E-state index contributed by atoms with van der Waals surface area (Å²) < 4.78 is 33.7. The van der Waals surface area contributed by atoms with Gasteiger partial charge >= 0.3 is 0 Å². The van der Waals surface area contributed by atoms with E-state index in [1.54, 1.807) is 0 Å². The first-order valence-electron chi connectivity index (χ1n) is 8.84. The first-order chi connectivity index (χ1) is 12.8. The second-order valence-electron chi connectivity index (χ2n) is 6.48. The molecule has 2 aromatic rings. The molecule has 2 rings (SSSR count). The fourth-order valence-electron chi connectivity index (χ4n) is 2.70. The lowest BCUT2D eigenvalue weighted by Crippen LogP contribution is -2.31. The molecule has 146 valence electrons. The Kier molecular flexibility index (Phi) is 6.98. The average molecular weight is 391 g/mol. The Labute approximate surface area is 161 Å².